The molecular formula is C18H14N2O5. The third kappa shape index (κ3) is 2.37. The largest absolute Gasteiger partial charge is 0.493 e. The van der Waals surface area contributed by atoms with E-state index in [0.717, 1.165) is 0 Å². The number of imidazole rings is 1. The molecule has 0 fully saturated rings. The number of hydrogen-bond donors (Lipinski definition) is 2. The van der Waals surface area contributed by atoms with E-state index in [9.17, 15) is 9.59 Å². The molecule has 7 nitrogen and oxygen atoms in total. The number of fused-ring (bicyclic) bond motifs is 2. The lowest BCUT2D eigenvalue weighted by Crippen LogP contribution is -2.02. The first-order chi connectivity index (χ1) is 12.1. The van der Waals surface area contributed by atoms with E-state index in [4.69, 9.17) is 13.9 Å². The maximum Gasteiger partial charge on any atom is 0.323 e. The van der Waals surface area contributed by atoms with Crippen molar-refractivity contribution in [1.82, 2.24) is 9.97 Å². The Morgan fingerprint density at radius 3 is 2.48 bits per heavy atom. The van der Waals surface area contributed by atoms with Gasteiger partial charge in [0.1, 0.15) is 5.76 Å². The molecule has 0 aliphatic rings. The van der Waals surface area contributed by atoms with Crippen LogP contribution in [0, 0.1) is 0 Å². The minimum Gasteiger partial charge on any atom is -0.493 e. The predicted molar refractivity (Wildman–Crippen MR) is 93.5 cm³/mol. The van der Waals surface area contributed by atoms with Crippen LogP contribution >= 0.6 is 0 Å². The fraction of sp³-hybridized carbons (Fsp3) is 0.111. The van der Waals surface area contributed by atoms with Crippen LogP contribution in [0.2, 0.25) is 0 Å². The second kappa shape index (κ2) is 5.55. The molecule has 2 N–H and O–H groups in total. The van der Waals surface area contributed by atoms with Crippen molar-refractivity contribution in [3.05, 3.63) is 57.1 Å². The molecule has 0 bridgehead atoms. The van der Waals surface area contributed by atoms with Gasteiger partial charge in [0.15, 0.2) is 16.8 Å². The van der Waals surface area contributed by atoms with Gasteiger partial charge in [-0.1, -0.05) is 0 Å². The van der Waals surface area contributed by atoms with Crippen LogP contribution < -0.4 is 20.6 Å². The highest BCUT2D eigenvalue weighted by Gasteiger charge is 2.16. The highest BCUT2D eigenvalue weighted by atomic mass is 16.5. The molecule has 0 saturated carbocycles. The summed E-state index contributed by atoms with van der Waals surface area (Å²) in [6, 6.07) is 9.97. The molecule has 25 heavy (non-hydrogen) atoms. The van der Waals surface area contributed by atoms with E-state index in [1.54, 1.807) is 30.3 Å². The van der Waals surface area contributed by atoms with Gasteiger partial charge in [-0.3, -0.25) is 4.79 Å². The smallest absolute Gasteiger partial charge is 0.323 e. The summed E-state index contributed by atoms with van der Waals surface area (Å²) in [5.74, 6) is 1.20. The van der Waals surface area contributed by atoms with Gasteiger partial charge in [-0.15, -0.1) is 0 Å². The second-order valence-corrected chi connectivity index (χ2v) is 5.49. The predicted octanol–water partition coefficient (Wildman–Crippen LogP) is 2.65. The number of H-pyrrole nitrogens is 2. The molecule has 2 heterocycles. The van der Waals surface area contributed by atoms with Gasteiger partial charge in [0, 0.05) is 11.6 Å². The molecule has 0 aliphatic carbocycles. The normalized spacial score (nSPS) is 11.1. The standard InChI is InChI=1S/C18H14N2O5/c1-23-14-6-4-10-13(21)8-15(25-16(10)17(14)24-2)9-3-5-11-12(7-9)20-18(22)19-11/h3-8H,1-2H3,(H2,19,20,22). The van der Waals surface area contributed by atoms with Crippen molar-refractivity contribution in [2.45, 2.75) is 0 Å². The molecule has 7 heteroatoms. The number of rotatable bonds is 3. The lowest BCUT2D eigenvalue weighted by molar-refractivity contribution is 0.353. The highest BCUT2D eigenvalue weighted by Crippen LogP contribution is 2.36. The van der Waals surface area contributed by atoms with Gasteiger partial charge in [0.05, 0.1) is 30.6 Å². The van der Waals surface area contributed by atoms with Gasteiger partial charge in [0.25, 0.3) is 0 Å². The summed E-state index contributed by atoms with van der Waals surface area (Å²) in [5.41, 5.74) is 1.79. The van der Waals surface area contributed by atoms with Crippen molar-refractivity contribution in [3.63, 3.8) is 0 Å². The Labute approximate surface area is 140 Å². The van der Waals surface area contributed by atoms with Crippen LogP contribution in [0.4, 0.5) is 0 Å². The Hall–Kier alpha value is -3.48. The zero-order valence-electron chi connectivity index (χ0n) is 13.5. The molecule has 0 aliphatic heterocycles. The van der Waals surface area contributed by atoms with Crippen molar-refractivity contribution < 1.29 is 13.9 Å². The number of hydrogen-bond acceptors (Lipinski definition) is 5. The van der Waals surface area contributed by atoms with Crippen molar-refractivity contribution in [3.8, 4) is 22.8 Å². The summed E-state index contributed by atoms with van der Waals surface area (Å²) in [4.78, 5) is 29.2. The molecule has 4 aromatic rings. The molecule has 0 radical (unpaired) electrons. The number of methoxy groups -OCH3 is 2. The van der Waals surface area contributed by atoms with Gasteiger partial charge < -0.3 is 23.9 Å². The zero-order valence-corrected chi connectivity index (χ0v) is 13.5. The summed E-state index contributed by atoms with van der Waals surface area (Å²) >= 11 is 0. The monoisotopic (exact) mass is 338 g/mol. The molecule has 126 valence electrons. The summed E-state index contributed by atoms with van der Waals surface area (Å²) in [6.07, 6.45) is 0. The van der Waals surface area contributed by atoms with Gasteiger partial charge in [-0.05, 0) is 30.3 Å². The number of nitrogens with one attached hydrogen (secondary N) is 2. The molecule has 0 spiro atoms. The average Bonchev–Trinajstić information content (AvgIpc) is 2.99. The summed E-state index contributed by atoms with van der Waals surface area (Å²) < 4.78 is 16.6. The minimum absolute atomic E-state index is 0.195. The summed E-state index contributed by atoms with van der Waals surface area (Å²) in [7, 11) is 3.00. The van der Waals surface area contributed by atoms with E-state index in [1.165, 1.54) is 20.3 Å². The van der Waals surface area contributed by atoms with Crippen molar-refractivity contribution >= 4 is 22.0 Å². The van der Waals surface area contributed by atoms with Crippen LogP contribution in [0.25, 0.3) is 33.3 Å². The maximum absolute atomic E-state index is 12.5. The Bertz CT molecular complexity index is 1220. The van der Waals surface area contributed by atoms with Crippen LogP contribution in [0.5, 0.6) is 11.5 Å². The molecule has 2 aromatic carbocycles. The quantitative estimate of drug-likeness (QED) is 0.598. The topological polar surface area (TPSA) is 97.3 Å². The Morgan fingerprint density at radius 2 is 1.72 bits per heavy atom. The SMILES string of the molecule is COc1ccc2c(=O)cc(-c3ccc4[nH]c(=O)[nH]c4c3)oc2c1OC. The van der Waals surface area contributed by atoms with E-state index in [2.05, 4.69) is 9.97 Å². The minimum atomic E-state index is -0.293. The first kappa shape index (κ1) is 15.1. The third-order valence-corrected chi connectivity index (χ3v) is 4.04. The van der Waals surface area contributed by atoms with Crippen LogP contribution in [0.3, 0.4) is 0 Å². The van der Waals surface area contributed by atoms with Crippen LogP contribution in [0.15, 0.2) is 50.4 Å². The van der Waals surface area contributed by atoms with Gasteiger partial charge in [0.2, 0.25) is 5.75 Å². The van der Waals surface area contributed by atoms with E-state index in [1.807, 2.05) is 0 Å². The molecule has 4 rings (SSSR count). The second-order valence-electron chi connectivity index (χ2n) is 5.49. The van der Waals surface area contributed by atoms with E-state index in [0.29, 0.717) is 44.8 Å². The zero-order chi connectivity index (χ0) is 17.6. The van der Waals surface area contributed by atoms with E-state index >= 15 is 0 Å². The number of ether oxygens (including phenoxy) is 2. The first-order valence-electron chi connectivity index (χ1n) is 7.52. The van der Waals surface area contributed by atoms with Gasteiger partial charge in [-0.2, -0.15) is 0 Å². The number of aromatic nitrogens is 2. The Balaban J connectivity index is 2.00. The molecule has 0 unspecified atom stereocenters. The molecule has 2 aromatic heterocycles. The fourth-order valence-corrected chi connectivity index (χ4v) is 2.86. The lowest BCUT2D eigenvalue weighted by atomic mass is 10.1. The van der Waals surface area contributed by atoms with Crippen LogP contribution in [0.1, 0.15) is 0 Å². The third-order valence-electron chi connectivity index (χ3n) is 4.04. The van der Waals surface area contributed by atoms with Crippen molar-refractivity contribution in [1.29, 1.82) is 0 Å². The number of benzene rings is 2. The Kier molecular flexibility index (Phi) is 3.35. The molecule has 0 atom stereocenters. The Morgan fingerprint density at radius 1 is 0.920 bits per heavy atom. The van der Waals surface area contributed by atoms with Crippen LogP contribution in [-0.2, 0) is 0 Å². The molecule has 0 amide bonds. The fourth-order valence-electron chi connectivity index (χ4n) is 2.86. The lowest BCUT2D eigenvalue weighted by Gasteiger charge is -2.10. The van der Waals surface area contributed by atoms with Gasteiger partial charge >= 0.3 is 5.69 Å². The van der Waals surface area contributed by atoms with E-state index in [-0.39, 0.29) is 11.1 Å². The molecule has 0 saturated heterocycles. The highest BCUT2D eigenvalue weighted by molar-refractivity contribution is 5.87. The molecular weight excluding hydrogens is 324 g/mol. The average molecular weight is 338 g/mol. The van der Waals surface area contributed by atoms with Crippen molar-refractivity contribution in [2.75, 3.05) is 14.2 Å². The summed E-state index contributed by atoms with van der Waals surface area (Å²) in [6.45, 7) is 0. The van der Waals surface area contributed by atoms with Gasteiger partial charge in [-0.25, -0.2) is 4.79 Å². The van der Waals surface area contributed by atoms with E-state index < -0.39 is 0 Å². The summed E-state index contributed by atoms with van der Waals surface area (Å²) in [5, 5.41) is 0.400. The van der Waals surface area contributed by atoms with Crippen molar-refractivity contribution in [2.24, 2.45) is 0 Å². The van der Waals surface area contributed by atoms with Crippen LogP contribution in [-0.4, -0.2) is 24.2 Å². The number of aromatic amines is 2. The maximum atomic E-state index is 12.5. The first-order valence-corrected chi connectivity index (χ1v) is 7.52.